The second-order valence-electron chi connectivity index (χ2n) is 12.3. The fourth-order valence-corrected chi connectivity index (χ4v) is 7.84. The van der Waals surface area contributed by atoms with Crippen LogP contribution in [0.25, 0.3) is 32.9 Å². The van der Waals surface area contributed by atoms with E-state index >= 15 is 4.39 Å². The second kappa shape index (κ2) is 9.91. The van der Waals surface area contributed by atoms with E-state index in [9.17, 15) is 5.11 Å². The molecule has 4 aliphatic heterocycles. The van der Waals surface area contributed by atoms with Crippen LogP contribution in [-0.4, -0.2) is 82.5 Å². The highest BCUT2D eigenvalue weighted by Gasteiger charge is 2.45. The van der Waals surface area contributed by atoms with Crippen LogP contribution >= 0.6 is 0 Å². The first kappa shape index (κ1) is 25.9. The van der Waals surface area contributed by atoms with E-state index in [2.05, 4.69) is 15.1 Å². The van der Waals surface area contributed by atoms with Crippen molar-refractivity contribution in [1.82, 2.24) is 25.2 Å². The number of methoxy groups -OCH3 is 1. The van der Waals surface area contributed by atoms with E-state index < -0.39 is 5.82 Å². The Bertz CT molecular complexity index is 1680. The van der Waals surface area contributed by atoms with E-state index in [-0.39, 0.29) is 34.4 Å². The number of hydrogen-bond acceptors (Lipinski definition) is 9. The number of aromatic nitrogens is 3. The van der Waals surface area contributed by atoms with Gasteiger partial charge in [0.05, 0.1) is 12.6 Å². The number of halogens is 1. The van der Waals surface area contributed by atoms with Gasteiger partial charge in [-0.2, -0.15) is 9.97 Å². The fraction of sp³-hybridized carbons (Fsp3) is 0.469. The average molecular weight is 571 g/mol. The highest BCUT2D eigenvalue weighted by molar-refractivity contribution is 6.01. The summed E-state index contributed by atoms with van der Waals surface area (Å²) in [4.78, 5) is 19.1. The molecule has 9 nitrogen and oxygen atoms in total. The molecule has 0 spiro atoms. The van der Waals surface area contributed by atoms with Gasteiger partial charge in [-0.15, -0.1) is 0 Å². The quantitative estimate of drug-likeness (QED) is 0.344. The lowest BCUT2D eigenvalue weighted by atomic mass is 9.95. The van der Waals surface area contributed by atoms with Gasteiger partial charge in [-0.1, -0.05) is 24.3 Å². The van der Waals surface area contributed by atoms with Crippen LogP contribution in [0.5, 0.6) is 17.6 Å². The Hall–Kier alpha value is -3.76. The smallest absolute Gasteiger partial charge is 0.319 e. The third-order valence-corrected chi connectivity index (χ3v) is 9.80. The van der Waals surface area contributed by atoms with Crippen molar-refractivity contribution in [3.05, 3.63) is 42.2 Å². The molecule has 10 heteroatoms. The maximum Gasteiger partial charge on any atom is 0.319 e. The van der Waals surface area contributed by atoms with E-state index in [1.165, 1.54) is 7.11 Å². The molecule has 4 aliphatic rings. The predicted octanol–water partition coefficient (Wildman–Crippen LogP) is 4.65. The van der Waals surface area contributed by atoms with Gasteiger partial charge in [-0.05, 0) is 74.5 Å². The Labute approximate surface area is 243 Å². The molecule has 1 unspecified atom stereocenters. The van der Waals surface area contributed by atoms with Crippen molar-refractivity contribution in [2.24, 2.45) is 0 Å². The lowest BCUT2D eigenvalue weighted by molar-refractivity contribution is 0.108. The zero-order valence-electron chi connectivity index (χ0n) is 23.8. The molecule has 0 saturated carbocycles. The van der Waals surface area contributed by atoms with Crippen molar-refractivity contribution in [3.63, 3.8) is 0 Å². The molecule has 4 aromatic rings. The number of phenols is 1. The Morgan fingerprint density at radius 1 is 1.05 bits per heavy atom. The summed E-state index contributed by atoms with van der Waals surface area (Å²) in [5, 5.41) is 16.2. The molecular formula is C32H35FN6O3. The number of rotatable bonds is 6. The third-order valence-electron chi connectivity index (χ3n) is 9.80. The molecule has 0 amide bonds. The van der Waals surface area contributed by atoms with E-state index in [1.807, 2.05) is 24.3 Å². The Balaban J connectivity index is 1.30. The van der Waals surface area contributed by atoms with Crippen molar-refractivity contribution in [1.29, 1.82) is 0 Å². The van der Waals surface area contributed by atoms with E-state index in [0.29, 0.717) is 35.5 Å². The van der Waals surface area contributed by atoms with Gasteiger partial charge in [-0.3, -0.25) is 4.90 Å². The first-order valence-corrected chi connectivity index (χ1v) is 15.1. The summed E-state index contributed by atoms with van der Waals surface area (Å²) in [5.41, 5.74) is 0.658. The maximum atomic E-state index is 16.8. The number of aromatic hydroxyl groups is 1. The van der Waals surface area contributed by atoms with Crippen LogP contribution < -0.4 is 19.7 Å². The van der Waals surface area contributed by atoms with E-state index in [1.54, 1.807) is 12.1 Å². The minimum atomic E-state index is -0.588. The summed E-state index contributed by atoms with van der Waals surface area (Å²) in [6.07, 6.45) is 6.71. The molecule has 2 N–H and O–H groups in total. The molecule has 2 bridgehead atoms. The highest BCUT2D eigenvalue weighted by atomic mass is 19.1. The maximum absolute atomic E-state index is 16.8. The molecule has 2 aromatic carbocycles. The van der Waals surface area contributed by atoms with Gasteiger partial charge in [0.15, 0.2) is 5.82 Å². The number of benzene rings is 2. The molecule has 0 aliphatic carbocycles. The van der Waals surface area contributed by atoms with Crippen molar-refractivity contribution in [2.75, 3.05) is 44.8 Å². The number of phenolic OH excluding ortho intramolecular Hbond substituents is 1. The van der Waals surface area contributed by atoms with E-state index in [4.69, 9.17) is 24.4 Å². The van der Waals surface area contributed by atoms with Gasteiger partial charge in [0.1, 0.15) is 34.8 Å². The first-order valence-electron chi connectivity index (χ1n) is 15.1. The molecule has 8 rings (SSSR count). The number of hydrogen-bond donors (Lipinski definition) is 2. The number of fused-ring (bicyclic) bond motifs is 5. The highest BCUT2D eigenvalue weighted by Crippen LogP contribution is 2.43. The van der Waals surface area contributed by atoms with Crippen LogP contribution in [0.2, 0.25) is 0 Å². The number of ether oxygens (including phenoxy) is 2. The van der Waals surface area contributed by atoms with Crippen LogP contribution in [0, 0.1) is 5.82 Å². The lowest BCUT2D eigenvalue weighted by Gasteiger charge is -2.35. The Morgan fingerprint density at radius 2 is 1.81 bits per heavy atom. The summed E-state index contributed by atoms with van der Waals surface area (Å²) in [5.74, 6) is 0.285. The van der Waals surface area contributed by atoms with Gasteiger partial charge >= 0.3 is 6.01 Å². The van der Waals surface area contributed by atoms with Gasteiger partial charge < -0.3 is 24.8 Å². The van der Waals surface area contributed by atoms with Crippen LogP contribution in [0.4, 0.5) is 10.2 Å². The average Bonchev–Trinajstić information content (AvgIpc) is 3.69. The summed E-state index contributed by atoms with van der Waals surface area (Å²) < 4.78 is 29.0. The topological polar surface area (TPSA) is 95.9 Å². The zero-order chi connectivity index (χ0) is 28.4. The number of nitrogens with one attached hydrogen (secondary N) is 1. The number of piperazine rings is 1. The molecule has 2 atom stereocenters. The van der Waals surface area contributed by atoms with Crippen molar-refractivity contribution in [3.8, 4) is 28.9 Å². The van der Waals surface area contributed by atoms with Crippen LogP contribution in [0.3, 0.4) is 0 Å². The molecule has 6 heterocycles. The third kappa shape index (κ3) is 4.14. The summed E-state index contributed by atoms with van der Waals surface area (Å²) >= 11 is 0. The standard InChI is InChI=1S/C32H35FN6O3/c1-41-30-25-28(26(33)27(35-30)24-15-22(40)14-19-6-2-3-7-23(19)24)36-31(42-18-32-10-4-12-39(32)13-5-11-32)37-29(25)38-16-20-8-9-21(17-38)34-20/h2-3,6-7,14-15,20-21,34,40H,4-5,8-13,16-18H2,1H3/t20-,21?/m1/s1. The van der Waals surface area contributed by atoms with Gasteiger partial charge in [0, 0.05) is 30.7 Å². The largest absolute Gasteiger partial charge is 0.508 e. The van der Waals surface area contributed by atoms with Crippen molar-refractivity contribution in [2.45, 2.75) is 56.1 Å². The second-order valence-corrected chi connectivity index (χ2v) is 12.3. The van der Waals surface area contributed by atoms with Crippen LogP contribution in [0.15, 0.2) is 36.4 Å². The van der Waals surface area contributed by atoms with Gasteiger partial charge in [0.25, 0.3) is 0 Å². The zero-order valence-corrected chi connectivity index (χ0v) is 23.8. The number of anilines is 1. The summed E-state index contributed by atoms with van der Waals surface area (Å²) in [6, 6.07) is 11.6. The molecule has 4 saturated heterocycles. The van der Waals surface area contributed by atoms with Gasteiger partial charge in [0.2, 0.25) is 5.88 Å². The normalized spacial score (nSPS) is 23.1. The monoisotopic (exact) mass is 570 g/mol. The minimum Gasteiger partial charge on any atom is -0.508 e. The molecular weight excluding hydrogens is 535 g/mol. The lowest BCUT2D eigenvalue weighted by Crippen LogP contribution is -2.51. The number of nitrogens with zero attached hydrogens (tertiary/aromatic N) is 5. The first-order chi connectivity index (χ1) is 20.5. The van der Waals surface area contributed by atoms with Crippen LogP contribution in [-0.2, 0) is 0 Å². The molecule has 4 fully saturated rings. The van der Waals surface area contributed by atoms with Crippen molar-refractivity contribution >= 4 is 27.5 Å². The van der Waals surface area contributed by atoms with Gasteiger partial charge in [-0.25, -0.2) is 9.37 Å². The SMILES string of the molecule is COc1nc(-c2cc(O)cc3ccccc23)c(F)c2nc(OCC34CCCN3CCC4)nc(N3CC4CC[C@H](C3)N4)c12. The fourth-order valence-electron chi connectivity index (χ4n) is 7.84. The Kier molecular flexibility index (Phi) is 6.12. The van der Waals surface area contributed by atoms with E-state index in [0.717, 1.165) is 75.5 Å². The van der Waals surface area contributed by atoms with Crippen molar-refractivity contribution < 1.29 is 19.0 Å². The Morgan fingerprint density at radius 3 is 2.57 bits per heavy atom. The summed E-state index contributed by atoms with van der Waals surface area (Å²) in [7, 11) is 1.54. The predicted molar refractivity (Wildman–Crippen MR) is 159 cm³/mol. The number of pyridine rings is 1. The molecule has 42 heavy (non-hydrogen) atoms. The molecule has 2 aromatic heterocycles. The minimum absolute atomic E-state index is 0.00670. The van der Waals surface area contributed by atoms with Crippen LogP contribution in [0.1, 0.15) is 38.5 Å². The molecule has 218 valence electrons. The molecule has 0 radical (unpaired) electrons. The summed E-state index contributed by atoms with van der Waals surface area (Å²) in [6.45, 7) is 4.18.